The second-order valence-electron chi connectivity index (χ2n) is 4.72. The zero-order chi connectivity index (χ0) is 15.9. The molecule has 0 aliphatic rings. The van der Waals surface area contributed by atoms with Gasteiger partial charge >= 0.3 is 0 Å². The van der Waals surface area contributed by atoms with Gasteiger partial charge in [0.2, 0.25) is 0 Å². The van der Waals surface area contributed by atoms with Gasteiger partial charge in [-0.15, -0.1) is 48.6 Å². The highest BCUT2D eigenvalue weighted by Crippen LogP contribution is 2.22. The van der Waals surface area contributed by atoms with Crippen LogP contribution in [0, 0.1) is 0 Å². The number of halogens is 3. The molecule has 0 amide bonds. The van der Waals surface area contributed by atoms with Gasteiger partial charge in [0.1, 0.15) is 5.69 Å². The summed E-state index contributed by atoms with van der Waals surface area (Å²) in [5, 5.41) is 5.64. The number of nitrogens with one attached hydrogen (secondary N) is 1. The van der Waals surface area contributed by atoms with Gasteiger partial charge in [0.15, 0.2) is 11.1 Å². The van der Waals surface area contributed by atoms with Crippen LogP contribution in [-0.4, -0.2) is 27.5 Å². The van der Waals surface area contributed by atoms with Crippen molar-refractivity contribution in [1.29, 1.82) is 0 Å². The molecule has 0 aromatic carbocycles. The quantitative estimate of drug-likeness (QED) is 0.471. The Morgan fingerprint density at radius 1 is 1.00 bits per heavy atom. The first-order valence-electron chi connectivity index (χ1n) is 7.15. The number of nitrogens with two attached hydrogens (primary N) is 1. The normalized spacial score (nSPS) is 10.1. The Morgan fingerprint density at radius 2 is 1.73 bits per heavy atom. The minimum atomic E-state index is 0. The van der Waals surface area contributed by atoms with Crippen molar-refractivity contribution in [1.82, 2.24) is 15.0 Å². The smallest absolute Gasteiger partial charge is 0.194 e. The minimum absolute atomic E-state index is 0. The van der Waals surface area contributed by atoms with Gasteiger partial charge in [0.25, 0.3) is 0 Å². The number of hydrogen-bond donors (Lipinski definition) is 2. The number of pyridine rings is 2. The summed E-state index contributed by atoms with van der Waals surface area (Å²) in [6, 6.07) is 11.6. The summed E-state index contributed by atoms with van der Waals surface area (Å²) in [7, 11) is 0. The van der Waals surface area contributed by atoms with E-state index in [-0.39, 0.29) is 37.2 Å². The van der Waals surface area contributed by atoms with Crippen molar-refractivity contribution in [2.24, 2.45) is 10.7 Å². The monoisotopic (exact) mass is 432 g/mol. The van der Waals surface area contributed by atoms with Crippen LogP contribution in [0.4, 0.5) is 5.13 Å². The Morgan fingerprint density at radius 3 is 2.38 bits per heavy atom. The van der Waals surface area contributed by atoms with E-state index in [1.54, 1.807) is 12.4 Å². The lowest BCUT2D eigenvalue weighted by Gasteiger charge is -2.01. The third-order valence-electron chi connectivity index (χ3n) is 3.04. The third kappa shape index (κ3) is 7.13. The van der Waals surface area contributed by atoms with Crippen LogP contribution in [0.2, 0.25) is 0 Å². The maximum Gasteiger partial charge on any atom is 0.194 e. The zero-order valence-corrected chi connectivity index (χ0v) is 16.9. The fourth-order valence-electron chi connectivity index (χ4n) is 1.95. The first-order chi connectivity index (χ1) is 11.3. The van der Waals surface area contributed by atoms with Crippen LogP contribution in [-0.2, 0) is 6.42 Å². The summed E-state index contributed by atoms with van der Waals surface area (Å²) >= 11 is 1.47. The van der Waals surface area contributed by atoms with Crippen LogP contribution in [0.3, 0.4) is 0 Å². The van der Waals surface area contributed by atoms with E-state index in [2.05, 4.69) is 25.3 Å². The van der Waals surface area contributed by atoms with Crippen LogP contribution in [0.25, 0.3) is 11.4 Å². The summed E-state index contributed by atoms with van der Waals surface area (Å²) in [6.45, 7) is 0.578. The predicted octanol–water partition coefficient (Wildman–Crippen LogP) is 3.83. The molecule has 3 aromatic rings. The summed E-state index contributed by atoms with van der Waals surface area (Å²) in [5.41, 5.74) is 8.54. The van der Waals surface area contributed by atoms with Crippen LogP contribution in [0.5, 0.6) is 0 Å². The maximum absolute atomic E-state index is 5.89. The van der Waals surface area contributed by atoms with Gasteiger partial charge in [-0.2, -0.15) is 0 Å². The molecular weight excluding hydrogens is 415 g/mol. The molecule has 3 rings (SSSR count). The Bertz CT molecular complexity index is 783. The largest absolute Gasteiger partial charge is 0.370 e. The van der Waals surface area contributed by atoms with Gasteiger partial charge < -0.3 is 11.1 Å². The lowest BCUT2D eigenvalue weighted by atomic mass is 10.3. The Balaban J connectivity index is 0.00000208. The molecule has 3 heterocycles. The van der Waals surface area contributed by atoms with Crippen LogP contribution < -0.4 is 11.1 Å². The Hall–Kier alpha value is -1.93. The maximum atomic E-state index is 5.89. The van der Waals surface area contributed by atoms with Crippen molar-refractivity contribution in [3.8, 4) is 11.4 Å². The molecule has 0 atom stereocenters. The molecule has 0 aliphatic heterocycles. The number of hydrogen-bond acceptors (Lipinski definition) is 5. The highest BCUT2D eigenvalue weighted by Gasteiger charge is 2.05. The fourth-order valence-corrected chi connectivity index (χ4v) is 2.66. The Kier molecular flexibility index (Phi) is 11.5. The average molecular weight is 434 g/mol. The van der Waals surface area contributed by atoms with Crippen molar-refractivity contribution in [2.45, 2.75) is 6.42 Å². The van der Waals surface area contributed by atoms with Gasteiger partial charge in [-0.05, 0) is 24.3 Å². The van der Waals surface area contributed by atoms with E-state index in [1.807, 2.05) is 41.8 Å². The first-order valence-corrected chi connectivity index (χ1v) is 8.03. The van der Waals surface area contributed by atoms with Gasteiger partial charge in [0, 0.05) is 36.4 Å². The molecule has 0 fully saturated rings. The fraction of sp³-hybridized carbons (Fsp3) is 0.125. The minimum Gasteiger partial charge on any atom is -0.370 e. The van der Waals surface area contributed by atoms with Crippen LogP contribution >= 0.6 is 48.6 Å². The lowest BCUT2D eigenvalue weighted by Crippen LogP contribution is -2.23. The average Bonchev–Trinajstić information content (AvgIpc) is 3.05. The number of aromatic nitrogens is 3. The molecule has 140 valence electrons. The lowest BCUT2D eigenvalue weighted by molar-refractivity contribution is 0.921. The van der Waals surface area contributed by atoms with Crippen molar-refractivity contribution >= 4 is 59.6 Å². The van der Waals surface area contributed by atoms with E-state index in [0.717, 1.165) is 23.5 Å². The molecule has 0 aliphatic carbocycles. The van der Waals surface area contributed by atoms with Gasteiger partial charge in [-0.3, -0.25) is 15.0 Å². The second-order valence-corrected chi connectivity index (χ2v) is 5.57. The highest BCUT2D eigenvalue weighted by atomic mass is 35.5. The molecule has 6 nitrogen and oxygen atoms in total. The molecule has 0 spiro atoms. The number of aliphatic imine (C=N–C) groups is 1. The highest BCUT2D eigenvalue weighted by molar-refractivity contribution is 7.14. The molecule has 0 bridgehead atoms. The van der Waals surface area contributed by atoms with Crippen molar-refractivity contribution < 1.29 is 0 Å². The number of nitrogens with zero attached hydrogens (tertiary/aromatic N) is 4. The molecule has 0 radical (unpaired) electrons. The van der Waals surface area contributed by atoms with Crippen molar-refractivity contribution in [3.05, 3.63) is 59.9 Å². The van der Waals surface area contributed by atoms with E-state index >= 15 is 0 Å². The number of thiazole rings is 1. The van der Waals surface area contributed by atoms with E-state index in [0.29, 0.717) is 17.6 Å². The molecule has 3 aromatic heterocycles. The van der Waals surface area contributed by atoms with Crippen LogP contribution in [0.1, 0.15) is 5.69 Å². The molecule has 10 heteroatoms. The van der Waals surface area contributed by atoms with Gasteiger partial charge in [-0.25, -0.2) is 4.98 Å². The van der Waals surface area contributed by atoms with Gasteiger partial charge in [0.05, 0.1) is 5.69 Å². The first kappa shape index (κ1) is 24.1. The summed E-state index contributed by atoms with van der Waals surface area (Å²) < 4.78 is 0. The molecule has 0 saturated carbocycles. The number of rotatable bonds is 5. The molecule has 0 unspecified atom stereocenters. The molecule has 3 N–H and O–H groups in total. The van der Waals surface area contributed by atoms with E-state index in [1.165, 1.54) is 11.3 Å². The van der Waals surface area contributed by atoms with E-state index < -0.39 is 0 Å². The number of anilines is 1. The van der Waals surface area contributed by atoms with Crippen LogP contribution in [0.15, 0.2) is 59.2 Å². The third-order valence-corrected chi connectivity index (χ3v) is 3.80. The summed E-state index contributed by atoms with van der Waals surface area (Å²) in [6.07, 6.45) is 4.27. The van der Waals surface area contributed by atoms with E-state index in [4.69, 9.17) is 5.73 Å². The SMILES string of the molecule is Cl.Cl.Cl.NC(=NCCc1ccccn1)Nc1nc(-c2ccccn2)cs1. The number of guanidine groups is 1. The molecule has 26 heavy (non-hydrogen) atoms. The molecular formula is C16H19Cl3N6S. The van der Waals surface area contributed by atoms with Crippen molar-refractivity contribution in [3.63, 3.8) is 0 Å². The Labute approximate surface area is 174 Å². The topological polar surface area (TPSA) is 89.1 Å². The molecule has 0 saturated heterocycles. The standard InChI is InChI=1S/C16H16N6S.3ClH/c17-15(20-10-7-12-5-1-3-8-18-12)22-16-21-14(11-23-16)13-6-2-4-9-19-13;;;/h1-6,8-9,11H,7,10H2,(H3,17,20,21,22);3*1H. The predicted molar refractivity (Wildman–Crippen MR) is 115 cm³/mol. The van der Waals surface area contributed by atoms with Gasteiger partial charge in [-0.1, -0.05) is 12.1 Å². The zero-order valence-electron chi connectivity index (χ0n) is 13.6. The van der Waals surface area contributed by atoms with E-state index in [9.17, 15) is 0 Å². The second kappa shape index (κ2) is 12.4. The summed E-state index contributed by atoms with van der Waals surface area (Å²) in [4.78, 5) is 17.3. The summed E-state index contributed by atoms with van der Waals surface area (Å²) in [5.74, 6) is 0.350. The van der Waals surface area contributed by atoms with Crippen molar-refractivity contribution in [2.75, 3.05) is 11.9 Å².